The van der Waals surface area contributed by atoms with E-state index in [-0.39, 0.29) is 45.9 Å². The molecular weight excluding hydrogens is 247 g/mol. The predicted octanol–water partition coefficient (Wildman–Crippen LogP) is -0.962. The van der Waals surface area contributed by atoms with E-state index in [4.69, 9.17) is 4.74 Å². The smallest absolute Gasteiger partial charge is 1.00 e. The third-order valence-corrected chi connectivity index (χ3v) is 1.24. The van der Waals surface area contributed by atoms with Crippen molar-refractivity contribution >= 4 is 23.1 Å². The van der Waals surface area contributed by atoms with E-state index in [9.17, 15) is 4.39 Å². The third-order valence-electron chi connectivity index (χ3n) is 1.24. The normalized spacial score (nSPS) is 8.15. The number of benzene rings is 1. The maximum Gasteiger partial charge on any atom is 2.00 e. The predicted molar refractivity (Wildman–Crippen MR) is 46.8 cm³/mol. The Hall–Kier alpha value is 0.196. The van der Waals surface area contributed by atoms with Crippen molar-refractivity contribution in [1.29, 1.82) is 0 Å². The molecule has 0 N–H and O–H groups in total. The van der Waals surface area contributed by atoms with Crippen LogP contribution in [0.25, 0.3) is 0 Å². The Morgan fingerprint density at radius 3 is 2.77 bits per heavy atom. The number of hydrogen-bond acceptors (Lipinski definition) is 1. The van der Waals surface area contributed by atoms with Crippen LogP contribution in [0.4, 0.5) is 4.39 Å². The second-order valence-electron chi connectivity index (χ2n) is 2.20. The summed E-state index contributed by atoms with van der Waals surface area (Å²) in [5.41, 5.74) is 0. The molecule has 0 radical (unpaired) electrons. The first-order chi connectivity index (χ1) is 5.34. The number of rotatable bonds is 3. The van der Waals surface area contributed by atoms with E-state index in [0.717, 1.165) is 6.42 Å². The minimum absolute atomic E-state index is 0. The van der Waals surface area contributed by atoms with E-state index in [2.05, 4.69) is 6.07 Å². The van der Waals surface area contributed by atoms with Gasteiger partial charge in [-0.15, -0.1) is 12.1 Å². The van der Waals surface area contributed by atoms with Crippen molar-refractivity contribution in [3.8, 4) is 5.75 Å². The summed E-state index contributed by atoms with van der Waals surface area (Å²) in [6.45, 7) is 2.54. The molecule has 1 aromatic carbocycles. The maximum absolute atomic E-state index is 12.8. The van der Waals surface area contributed by atoms with Gasteiger partial charge in [0.2, 0.25) is 0 Å². The van der Waals surface area contributed by atoms with E-state index < -0.39 is 0 Å². The summed E-state index contributed by atoms with van der Waals surface area (Å²) in [7, 11) is 0. The summed E-state index contributed by atoms with van der Waals surface area (Å²) in [4.78, 5) is 0. The van der Waals surface area contributed by atoms with Gasteiger partial charge in [0.1, 0.15) is 0 Å². The standard InChI is InChI=1S/C9H10FO.BrH.Mg/c1-2-7-11-9-6-4-3-5-8(9)10;;/h4-6H,2,7H2,1H3;1H;/q-1;;+2/p-1. The molecule has 0 aliphatic carbocycles. The monoisotopic (exact) mass is 256 g/mol. The van der Waals surface area contributed by atoms with Gasteiger partial charge in [-0.1, -0.05) is 6.92 Å². The molecule has 1 rings (SSSR count). The Morgan fingerprint density at radius 2 is 2.23 bits per heavy atom. The van der Waals surface area contributed by atoms with Gasteiger partial charge >= 0.3 is 23.1 Å². The van der Waals surface area contributed by atoms with Crippen LogP contribution in [0.15, 0.2) is 18.2 Å². The van der Waals surface area contributed by atoms with Crippen molar-refractivity contribution in [3.05, 3.63) is 30.1 Å². The third kappa shape index (κ3) is 5.49. The molecule has 0 bridgehead atoms. The fourth-order valence-electron chi connectivity index (χ4n) is 0.725. The van der Waals surface area contributed by atoms with Gasteiger partial charge < -0.3 is 21.7 Å². The van der Waals surface area contributed by atoms with Crippen molar-refractivity contribution in [3.63, 3.8) is 0 Å². The van der Waals surface area contributed by atoms with Gasteiger partial charge in [0.15, 0.2) is 0 Å². The summed E-state index contributed by atoms with van der Waals surface area (Å²) in [6, 6.07) is 7.10. The molecule has 0 atom stereocenters. The Kier molecular flexibility index (Phi) is 10.6. The van der Waals surface area contributed by atoms with Crippen LogP contribution in [-0.4, -0.2) is 29.7 Å². The molecule has 0 fully saturated rings. The van der Waals surface area contributed by atoms with Crippen LogP contribution in [0.5, 0.6) is 5.75 Å². The molecule has 0 saturated heterocycles. The van der Waals surface area contributed by atoms with Gasteiger partial charge in [-0.2, -0.15) is 12.1 Å². The van der Waals surface area contributed by atoms with Crippen LogP contribution < -0.4 is 21.7 Å². The van der Waals surface area contributed by atoms with E-state index in [1.54, 1.807) is 12.1 Å². The fraction of sp³-hybridized carbons (Fsp3) is 0.333. The molecule has 4 heteroatoms. The Balaban J connectivity index is 0. The molecule has 0 aliphatic heterocycles. The Morgan fingerprint density at radius 1 is 1.54 bits per heavy atom. The van der Waals surface area contributed by atoms with E-state index in [1.165, 1.54) is 6.07 Å². The van der Waals surface area contributed by atoms with Gasteiger partial charge in [0.25, 0.3) is 0 Å². The van der Waals surface area contributed by atoms with Crippen molar-refractivity contribution in [2.75, 3.05) is 6.61 Å². The zero-order chi connectivity index (χ0) is 8.10. The topological polar surface area (TPSA) is 9.23 Å². The maximum atomic E-state index is 12.8. The average Bonchev–Trinajstić information content (AvgIpc) is 2.03. The SMILES string of the molecule is CCCOc1cc[c-]cc1F.[Br-].[Mg+2]. The molecule has 0 unspecified atom stereocenters. The van der Waals surface area contributed by atoms with E-state index in [1.807, 2.05) is 6.92 Å². The zero-order valence-corrected chi connectivity index (χ0v) is 10.5. The first kappa shape index (κ1) is 15.7. The minimum atomic E-state index is -0.346. The second kappa shape index (κ2) is 8.78. The van der Waals surface area contributed by atoms with Crippen LogP contribution in [-0.2, 0) is 0 Å². The minimum Gasteiger partial charge on any atom is -1.00 e. The summed E-state index contributed by atoms with van der Waals surface area (Å²) >= 11 is 0. The number of ether oxygens (including phenoxy) is 1. The molecule has 13 heavy (non-hydrogen) atoms. The molecule has 1 nitrogen and oxygen atoms in total. The first-order valence-corrected chi connectivity index (χ1v) is 3.63. The molecule has 68 valence electrons. The van der Waals surface area contributed by atoms with Gasteiger partial charge in [0.05, 0.1) is 6.61 Å². The Bertz CT molecular complexity index is 233. The van der Waals surface area contributed by atoms with Gasteiger partial charge in [-0.3, -0.25) is 4.39 Å². The number of halogens is 2. The summed E-state index contributed by atoms with van der Waals surface area (Å²) in [5.74, 6) is -0.0356. The van der Waals surface area contributed by atoms with E-state index in [0.29, 0.717) is 12.4 Å². The van der Waals surface area contributed by atoms with Gasteiger partial charge in [-0.05, 0) is 6.42 Å². The first-order valence-electron chi connectivity index (χ1n) is 3.63. The molecule has 0 spiro atoms. The summed E-state index contributed by atoms with van der Waals surface area (Å²) in [6.07, 6.45) is 0.887. The number of hydrogen-bond donors (Lipinski definition) is 0. The summed E-state index contributed by atoms with van der Waals surface area (Å²) < 4.78 is 17.8. The molecule has 0 amide bonds. The van der Waals surface area contributed by atoms with Crippen molar-refractivity contribution in [2.24, 2.45) is 0 Å². The van der Waals surface area contributed by atoms with Crippen molar-refractivity contribution < 1.29 is 26.1 Å². The molecule has 1 aromatic rings. The average molecular weight is 257 g/mol. The largest absolute Gasteiger partial charge is 2.00 e. The van der Waals surface area contributed by atoms with Crippen LogP contribution in [0.1, 0.15) is 13.3 Å². The van der Waals surface area contributed by atoms with Crippen LogP contribution in [0.3, 0.4) is 0 Å². The van der Waals surface area contributed by atoms with E-state index >= 15 is 0 Å². The van der Waals surface area contributed by atoms with Crippen molar-refractivity contribution in [1.82, 2.24) is 0 Å². The van der Waals surface area contributed by atoms with Gasteiger partial charge in [0, 0.05) is 11.6 Å². The second-order valence-corrected chi connectivity index (χ2v) is 2.20. The Labute approximate surface area is 105 Å². The molecule has 0 aromatic heterocycles. The molecule has 0 heterocycles. The van der Waals surface area contributed by atoms with Gasteiger partial charge in [-0.25, -0.2) is 0 Å². The van der Waals surface area contributed by atoms with Crippen LogP contribution >= 0.6 is 0 Å². The zero-order valence-electron chi connectivity index (χ0n) is 7.52. The summed E-state index contributed by atoms with van der Waals surface area (Å²) in [5, 5.41) is 0. The quantitative estimate of drug-likeness (QED) is 0.500. The van der Waals surface area contributed by atoms with Crippen molar-refractivity contribution in [2.45, 2.75) is 13.3 Å². The molecule has 0 saturated carbocycles. The fourth-order valence-corrected chi connectivity index (χ4v) is 0.725. The van der Waals surface area contributed by atoms with Crippen LogP contribution in [0, 0.1) is 11.9 Å². The molecule has 0 aliphatic rings. The molecular formula is C9H10BrFMgO. The van der Waals surface area contributed by atoms with Crippen LogP contribution in [0.2, 0.25) is 0 Å².